The van der Waals surface area contributed by atoms with Gasteiger partial charge in [0, 0.05) is 30.8 Å². The molecule has 0 fully saturated rings. The number of hydrogen-bond donors (Lipinski definition) is 0. The van der Waals surface area contributed by atoms with Crippen LogP contribution in [0.5, 0.6) is 0 Å². The normalized spacial score (nSPS) is 13.0. The third kappa shape index (κ3) is 1.86. The molecule has 0 aliphatic rings. The number of imidazole rings is 1. The van der Waals surface area contributed by atoms with Gasteiger partial charge >= 0.3 is 0 Å². The van der Waals surface area contributed by atoms with Crippen LogP contribution >= 0.6 is 15.9 Å². The van der Waals surface area contributed by atoms with E-state index in [1.165, 1.54) is 0 Å². The minimum Gasteiger partial charge on any atom is -0.357 e. The maximum Gasteiger partial charge on any atom is 0.138 e. The summed E-state index contributed by atoms with van der Waals surface area (Å²) in [5, 5.41) is 0.953. The molecule has 0 saturated heterocycles. The van der Waals surface area contributed by atoms with Gasteiger partial charge in [0.25, 0.3) is 0 Å². The molecule has 0 saturated carbocycles. The molecule has 0 aliphatic carbocycles. The molecule has 0 radical (unpaired) electrons. The summed E-state index contributed by atoms with van der Waals surface area (Å²) < 4.78 is 2.10. The van der Waals surface area contributed by atoms with Gasteiger partial charge in [-0.15, -0.1) is 0 Å². The molecule has 80 valence electrons. The molecule has 0 aromatic carbocycles. The summed E-state index contributed by atoms with van der Waals surface area (Å²) in [6, 6.07) is 6.61. The van der Waals surface area contributed by atoms with Crippen LogP contribution in [-0.2, 0) is 0 Å². The quantitative estimate of drug-likeness (QED) is 0.797. The molecule has 2 rings (SSSR count). The fourth-order valence-electron chi connectivity index (χ4n) is 1.55. The molecule has 3 nitrogen and oxygen atoms in total. The van der Waals surface area contributed by atoms with Crippen molar-refractivity contribution in [2.75, 3.05) is 17.3 Å². The van der Waals surface area contributed by atoms with E-state index in [0.717, 1.165) is 16.8 Å². The number of rotatable bonds is 3. The Morgan fingerprint density at radius 1 is 1.53 bits per heavy atom. The Labute approximate surface area is 97.9 Å². The highest BCUT2D eigenvalue weighted by molar-refractivity contribution is 9.09. The zero-order chi connectivity index (χ0) is 10.8. The number of pyridine rings is 1. The third-order valence-electron chi connectivity index (χ3n) is 2.65. The van der Waals surface area contributed by atoms with E-state index in [1.54, 1.807) is 0 Å². The molecule has 0 aliphatic heterocycles. The molecular weight excluding hydrogens is 254 g/mol. The summed E-state index contributed by atoms with van der Waals surface area (Å²) in [6.07, 6.45) is 3.81. The summed E-state index contributed by atoms with van der Waals surface area (Å²) in [5.74, 6) is 1.16. The van der Waals surface area contributed by atoms with Crippen LogP contribution in [-0.4, -0.2) is 27.8 Å². The van der Waals surface area contributed by atoms with Crippen molar-refractivity contribution in [3.63, 3.8) is 0 Å². The van der Waals surface area contributed by atoms with E-state index in [0.29, 0.717) is 6.04 Å². The number of alkyl halides is 1. The second-order valence-electron chi connectivity index (χ2n) is 3.65. The molecule has 1 unspecified atom stereocenters. The van der Waals surface area contributed by atoms with Crippen molar-refractivity contribution >= 4 is 27.4 Å². The van der Waals surface area contributed by atoms with Gasteiger partial charge in [-0.1, -0.05) is 22.0 Å². The molecule has 1 atom stereocenters. The Bertz CT molecular complexity index is 452. The largest absolute Gasteiger partial charge is 0.357 e. The molecule has 0 spiro atoms. The van der Waals surface area contributed by atoms with Gasteiger partial charge in [0.15, 0.2) is 0 Å². The Morgan fingerprint density at radius 2 is 2.33 bits per heavy atom. The smallest absolute Gasteiger partial charge is 0.138 e. The molecule has 2 heterocycles. The van der Waals surface area contributed by atoms with Crippen LogP contribution in [0.4, 0.5) is 5.82 Å². The van der Waals surface area contributed by atoms with Crippen molar-refractivity contribution in [2.45, 2.75) is 13.0 Å². The zero-order valence-corrected chi connectivity index (χ0v) is 10.5. The molecule has 4 heteroatoms. The maximum absolute atomic E-state index is 4.27. The predicted octanol–water partition coefficient (Wildman–Crippen LogP) is 2.55. The minimum atomic E-state index is 0.456. The van der Waals surface area contributed by atoms with Crippen molar-refractivity contribution in [1.82, 2.24) is 9.38 Å². The summed E-state index contributed by atoms with van der Waals surface area (Å²) >= 11 is 3.50. The van der Waals surface area contributed by atoms with E-state index in [9.17, 15) is 0 Å². The topological polar surface area (TPSA) is 20.5 Å². The van der Waals surface area contributed by atoms with Crippen molar-refractivity contribution in [3.05, 3.63) is 30.6 Å². The highest BCUT2D eigenvalue weighted by Gasteiger charge is 2.11. The lowest BCUT2D eigenvalue weighted by atomic mass is 10.3. The van der Waals surface area contributed by atoms with Gasteiger partial charge in [-0.05, 0) is 19.1 Å². The molecule has 2 aromatic rings. The maximum atomic E-state index is 4.27. The monoisotopic (exact) mass is 267 g/mol. The number of anilines is 1. The fourth-order valence-corrected chi connectivity index (χ4v) is 1.98. The van der Waals surface area contributed by atoms with Crippen LogP contribution in [0, 0.1) is 0 Å². The van der Waals surface area contributed by atoms with E-state index in [1.807, 2.05) is 24.5 Å². The van der Waals surface area contributed by atoms with E-state index in [4.69, 9.17) is 0 Å². The molecule has 0 N–H and O–H groups in total. The number of hydrogen-bond acceptors (Lipinski definition) is 2. The van der Waals surface area contributed by atoms with Crippen LogP contribution < -0.4 is 4.90 Å². The number of fused-ring (bicyclic) bond motifs is 1. The molecular formula is C11H14BrN3. The molecule has 0 bridgehead atoms. The number of halogens is 1. The fraction of sp³-hybridized carbons (Fsp3) is 0.364. The van der Waals surface area contributed by atoms with Gasteiger partial charge in [-0.25, -0.2) is 4.98 Å². The summed E-state index contributed by atoms with van der Waals surface area (Å²) in [7, 11) is 2.10. The van der Waals surface area contributed by atoms with Gasteiger partial charge in [0.2, 0.25) is 0 Å². The van der Waals surface area contributed by atoms with Crippen LogP contribution in [0.3, 0.4) is 0 Å². The van der Waals surface area contributed by atoms with Gasteiger partial charge in [0.05, 0.1) is 0 Å². The standard InChI is InChI=1S/C11H14BrN3/c1-9(8-12)14(2)11-5-3-4-10-13-6-7-15(10)11/h3-7,9H,8H2,1-2H3. The lowest BCUT2D eigenvalue weighted by molar-refractivity contribution is 0.751. The average Bonchev–Trinajstić information content (AvgIpc) is 2.74. The first-order chi connectivity index (χ1) is 7.24. The third-order valence-corrected chi connectivity index (χ3v) is 3.59. The lowest BCUT2D eigenvalue weighted by Gasteiger charge is -2.26. The molecule has 15 heavy (non-hydrogen) atoms. The Hall–Kier alpha value is -1.03. The number of nitrogens with zero attached hydrogens (tertiary/aromatic N) is 3. The summed E-state index contributed by atoms with van der Waals surface area (Å²) in [5.41, 5.74) is 0.987. The van der Waals surface area contributed by atoms with Crippen LogP contribution in [0.1, 0.15) is 6.92 Å². The van der Waals surface area contributed by atoms with Gasteiger partial charge in [-0.2, -0.15) is 0 Å². The Balaban J connectivity index is 2.46. The average molecular weight is 268 g/mol. The van der Waals surface area contributed by atoms with Crippen molar-refractivity contribution < 1.29 is 0 Å². The first-order valence-corrected chi connectivity index (χ1v) is 6.07. The Kier molecular flexibility index (Phi) is 2.95. The SMILES string of the molecule is CC(CBr)N(C)c1cccc2nccn12. The minimum absolute atomic E-state index is 0.456. The van der Waals surface area contributed by atoms with Crippen molar-refractivity contribution in [1.29, 1.82) is 0 Å². The second-order valence-corrected chi connectivity index (χ2v) is 4.30. The van der Waals surface area contributed by atoms with Gasteiger partial charge in [0.1, 0.15) is 11.5 Å². The van der Waals surface area contributed by atoms with Crippen LogP contribution in [0.2, 0.25) is 0 Å². The molecule has 0 amide bonds. The van der Waals surface area contributed by atoms with E-state index >= 15 is 0 Å². The van der Waals surface area contributed by atoms with Crippen LogP contribution in [0.15, 0.2) is 30.6 Å². The zero-order valence-electron chi connectivity index (χ0n) is 8.89. The van der Waals surface area contributed by atoms with Gasteiger partial charge < -0.3 is 4.90 Å². The lowest BCUT2D eigenvalue weighted by Crippen LogP contribution is -2.31. The molecule has 2 aromatic heterocycles. The van der Waals surface area contributed by atoms with E-state index in [-0.39, 0.29) is 0 Å². The second kappa shape index (κ2) is 4.23. The van der Waals surface area contributed by atoms with Gasteiger partial charge in [-0.3, -0.25) is 4.40 Å². The number of aromatic nitrogens is 2. The predicted molar refractivity (Wildman–Crippen MR) is 66.9 cm³/mol. The Morgan fingerprint density at radius 3 is 3.07 bits per heavy atom. The highest BCUT2D eigenvalue weighted by Crippen LogP contribution is 2.17. The first kappa shape index (κ1) is 10.5. The van der Waals surface area contributed by atoms with Crippen molar-refractivity contribution in [2.24, 2.45) is 0 Å². The summed E-state index contributed by atoms with van der Waals surface area (Å²) in [4.78, 5) is 6.51. The van der Waals surface area contributed by atoms with E-state index in [2.05, 4.69) is 50.3 Å². The summed E-state index contributed by atoms with van der Waals surface area (Å²) in [6.45, 7) is 2.19. The highest BCUT2D eigenvalue weighted by atomic mass is 79.9. The van der Waals surface area contributed by atoms with Crippen molar-refractivity contribution in [3.8, 4) is 0 Å². The first-order valence-electron chi connectivity index (χ1n) is 4.95. The van der Waals surface area contributed by atoms with Crippen LogP contribution in [0.25, 0.3) is 5.65 Å². The van der Waals surface area contributed by atoms with E-state index < -0.39 is 0 Å².